The van der Waals surface area contributed by atoms with Crippen molar-refractivity contribution < 1.29 is 9.53 Å². The van der Waals surface area contributed by atoms with Crippen molar-refractivity contribution in [3.05, 3.63) is 96.1 Å². The first-order chi connectivity index (χ1) is 16.2. The molecule has 0 saturated heterocycles. The molecule has 0 saturated carbocycles. The van der Waals surface area contributed by atoms with Crippen molar-refractivity contribution in [1.82, 2.24) is 10.3 Å². The zero-order valence-corrected chi connectivity index (χ0v) is 20.1. The second kappa shape index (κ2) is 12.2. The summed E-state index contributed by atoms with van der Waals surface area (Å²) in [6.45, 7) is 2.79. The molecule has 3 N–H and O–H groups in total. The third-order valence-corrected chi connectivity index (χ3v) is 5.64. The van der Waals surface area contributed by atoms with E-state index in [0.29, 0.717) is 18.9 Å². The molecule has 0 fully saturated rings. The smallest absolute Gasteiger partial charge is 0.225 e. The molecule has 0 aliphatic heterocycles. The average molecular weight is 476 g/mol. The highest BCUT2D eigenvalue weighted by Gasteiger charge is 2.21. The van der Waals surface area contributed by atoms with Crippen molar-refractivity contribution in [2.75, 3.05) is 13.2 Å². The molecule has 176 valence electrons. The second-order valence-corrected chi connectivity index (χ2v) is 7.90. The highest BCUT2D eigenvalue weighted by atomic mass is 35.5. The zero-order valence-electron chi connectivity index (χ0n) is 19.2. The number of nitrogens with zero attached hydrogens (tertiary/aromatic N) is 1. The molecule has 0 aliphatic carbocycles. The Bertz CT molecular complexity index is 1220. The number of halogens is 1. The van der Waals surface area contributed by atoms with E-state index in [0.717, 1.165) is 39.7 Å². The number of nitrogens with one attached hydrogen (secondary N) is 1. The Kier molecular flexibility index (Phi) is 9.02. The quantitative estimate of drug-likeness (QED) is 0.336. The summed E-state index contributed by atoms with van der Waals surface area (Å²) in [5.74, 6) is 0.562. The molecule has 1 atom stereocenters. The summed E-state index contributed by atoms with van der Waals surface area (Å²) in [4.78, 5) is 18.2. The normalized spacial score (nSPS) is 11.5. The highest BCUT2D eigenvalue weighted by molar-refractivity contribution is 5.93. The minimum absolute atomic E-state index is 0. The molecular formula is C28H30ClN3O2. The van der Waals surface area contributed by atoms with Crippen LogP contribution in [0.15, 0.2) is 84.9 Å². The number of para-hydroxylation sites is 1. The van der Waals surface area contributed by atoms with Gasteiger partial charge in [-0.15, -0.1) is 12.4 Å². The second-order valence-electron chi connectivity index (χ2n) is 7.90. The van der Waals surface area contributed by atoms with Crippen LogP contribution in [0, 0.1) is 0 Å². The van der Waals surface area contributed by atoms with E-state index in [-0.39, 0.29) is 30.8 Å². The lowest BCUT2D eigenvalue weighted by molar-refractivity contribution is -0.121. The Morgan fingerprint density at radius 3 is 2.29 bits per heavy atom. The van der Waals surface area contributed by atoms with Crippen molar-refractivity contribution in [1.29, 1.82) is 0 Å². The van der Waals surface area contributed by atoms with E-state index in [1.165, 1.54) is 0 Å². The topological polar surface area (TPSA) is 77.2 Å². The summed E-state index contributed by atoms with van der Waals surface area (Å²) in [6, 6.07) is 27.8. The fourth-order valence-electron chi connectivity index (χ4n) is 4.06. The van der Waals surface area contributed by atoms with Crippen LogP contribution in [0.5, 0.6) is 5.75 Å². The lowest BCUT2D eigenvalue weighted by Gasteiger charge is -2.20. The SMILES string of the molecule is CC[C@H](NC(=O)Cc1c(OCCN)c(-c2ccccc2)nc2ccccc12)c1ccccc1.Cl. The summed E-state index contributed by atoms with van der Waals surface area (Å²) in [6.07, 6.45) is 0.991. The van der Waals surface area contributed by atoms with Gasteiger partial charge in [0.2, 0.25) is 5.91 Å². The largest absolute Gasteiger partial charge is 0.490 e. The van der Waals surface area contributed by atoms with E-state index in [1.807, 2.05) is 84.9 Å². The van der Waals surface area contributed by atoms with Gasteiger partial charge in [0.05, 0.1) is 18.0 Å². The van der Waals surface area contributed by atoms with Crippen LogP contribution in [-0.2, 0) is 11.2 Å². The van der Waals surface area contributed by atoms with Gasteiger partial charge in [0.15, 0.2) is 0 Å². The summed E-state index contributed by atoms with van der Waals surface area (Å²) >= 11 is 0. The number of carbonyl (C=O) groups excluding carboxylic acids is 1. The lowest BCUT2D eigenvalue weighted by atomic mass is 9.99. The van der Waals surface area contributed by atoms with Gasteiger partial charge in [-0.05, 0) is 18.1 Å². The van der Waals surface area contributed by atoms with Crippen LogP contribution >= 0.6 is 12.4 Å². The number of hydrogen-bond acceptors (Lipinski definition) is 4. The van der Waals surface area contributed by atoms with Crippen molar-refractivity contribution in [3.8, 4) is 17.0 Å². The van der Waals surface area contributed by atoms with Crippen molar-refractivity contribution >= 4 is 29.2 Å². The monoisotopic (exact) mass is 475 g/mol. The number of fused-ring (bicyclic) bond motifs is 1. The number of amides is 1. The molecule has 0 unspecified atom stereocenters. The minimum atomic E-state index is -0.0568. The molecular weight excluding hydrogens is 446 g/mol. The van der Waals surface area contributed by atoms with Gasteiger partial charge in [-0.25, -0.2) is 4.98 Å². The van der Waals surface area contributed by atoms with Gasteiger partial charge >= 0.3 is 0 Å². The zero-order chi connectivity index (χ0) is 23.0. The molecule has 0 bridgehead atoms. The van der Waals surface area contributed by atoms with Gasteiger partial charge in [0.25, 0.3) is 0 Å². The number of rotatable bonds is 9. The Labute approximate surface area is 206 Å². The molecule has 1 aromatic heterocycles. The predicted octanol–water partition coefficient (Wildman–Crippen LogP) is 5.47. The van der Waals surface area contributed by atoms with Crippen molar-refractivity contribution in [2.45, 2.75) is 25.8 Å². The van der Waals surface area contributed by atoms with Crippen molar-refractivity contribution in [3.63, 3.8) is 0 Å². The van der Waals surface area contributed by atoms with Crippen LogP contribution in [-0.4, -0.2) is 24.0 Å². The number of benzene rings is 3. The van der Waals surface area contributed by atoms with Crippen LogP contribution in [0.3, 0.4) is 0 Å². The van der Waals surface area contributed by atoms with Crippen LogP contribution in [0.25, 0.3) is 22.2 Å². The van der Waals surface area contributed by atoms with Crippen molar-refractivity contribution in [2.24, 2.45) is 5.73 Å². The maximum atomic E-state index is 13.3. The first-order valence-corrected chi connectivity index (χ1v) is 11.4. The number of hydrogen-bond donors (Lipinski definition) is 2. The van der Waals surface area contributed by atoms with E-state index < -0.39 is 0 Å². The van der Waals surface area contributed by atoms with E-state index in [2.05, 4.69) is 12.2 Å². The third kappa shape index (κ3) is 5.74. The van der Waals surface area contributed by atoms with Gasteiger partial charge < -0.3 is 15.8 Å². The molecule has 1 heterocycles. The van der Waals surface area contributed by atoms with E-state index in [4.69, 9.17) is 15.5 Å². The number of carbonyl (C=O) groups is 1. The molecule has 5 nitrogen and oxygen atoms in total. The van der Waals surface area contributed by atoms with Crippen LogP contribution in [0.4, 0.5) is 0 Å². The Balaban J connectivity index is 0.00000324. The maximum absolute atomic E-state index is 13.3. The maximum Gasteiger partial charge on any atom is 0.225 e. The summed E-state index contributed by atoms with van der Waals surface area (Å²) in [7, 11) is 0. The number of nitrogens with two attached hydrogens (primary N) is 1. The summed E-state index contributed by atoms with van der Waals surface area (Å²) in [5, 5.41) is 4.11. The summed E-state index contributed by atoms with van der Waals surface area (Å²) < 4.78 is 6.13. The van der Waals surface area contributed by atoms with Gasteiger partial charge in [-0.3, -0.25) is 4.79 Å². The van der Waals surface area contributed by atoms with E-state index in [1.54, 1.807) is 0 Å². The van der Waals surface area contributed by atoms with E-state index in [9.17, 15) is 4.79 Å². The predicted molar refractivity (Wildman–Crippen MR) is 140 cm³/mol. The van der Waals surface area contributed by atoms with Crippen LogP contribution in [0.1, 0.15) is 30.5 Å². The van der Waals surface area contributed by atoms with E-state index >= 15 is 0 Å². The lowest BCUT2D eigenvalue weighted by Crippen LogP contribution is -2.29. The first kappa shape index (κ1) is 25.2. The fourth-order valence-corrected chi connectivity index (χ4v) is 4.06. The first-order valence-electron chi connectivity index (χ1n) is 11.4. The fraction of sp³-hybridized carbons (Fsp3) is 0.214. The molecule has 4 aromatic rings. The Morgan fingerprint density at radius 1 is 0.971 bits per heavy atom. The van der Waals surface area contributed by atoms with Gasteiger partial charge in [-0.2, -0.15) is 0 Å². The number of ether oxygens (including phenoxy) is 1. The number of aromatic nitrogens is 1. The molecule has 4 rings (SSSR count). The van der Waals surface area contributed by atoms with Gasteiger partial charge in [-0.1, -0.05) is 85.8 Å². The number of pyridine rings is 1. The average Bonchev–Trinajstić information content (AvgIpc) is 2.87. The van der Waals surface area contributed by atoms with Gasteiger partial charge in [0.1, 0.15) is 18.1 Å². The summed E-state index contributed by atoms with van der Waals surface area (Å²) in [5.41, 5.74) is 10.2. The molecule has 0 aliphatic rings. The molecule has 34 heavy (non-hydrogen) atoms. The molecule has 0 spiro atoms. The minimum Gasteiger partial charge on any atom is -0.490 e. The Hall–Kier alpha value is -3.41. The third-order valence-electron chi connectivity index (χ3n) is 5.64. The standard InChI is InChI=1S/C28H29N3O2.ClH/c1-2-24(20-11-5-3-6-12-20)30-26(32)19-23-22-15-9-10-16-25(22)31-27(28(23)33-18-17-29)21-13-7-4-8-14-21;/h3-16,24H,2,17-19,29H2,1H3,(H,30,32);1H/t24-;/m0./s1. The van der Waals surface area contributed by atoms with Crippen LogP contribution in [0.2, 0.25) is 0 Å². The molecule has 3 aromatic carbocycles. The molecule has 6 heteroatoms. The van der Waals surface area contributed by atoms with Gasteiger partial charge in [0, 0.05) is 23.1 Å². The highest BCUT2D eigenvalue weighted by Crippen LogP contribution is 2.37. The molecule has 1 amide bonds. The molecule has 0 radical (unpaired) electrons. The van der Waals surface area contributed by atoms with Crippen LogP contribution < -0.4 is 15.8 Å². The Morgan fingerprint density at radius 2 is 1.62 bits per heavy atom.